The molecule has 0 aromatic rings. The van der Waals surface area contributed by atoms with Gasteiger partial charge in [-0.1, -0.05) is 248 Å². The lowest BCUT2D eigenvalue weighted by Crippen LogP contribution is -2.18. The average Bonchev–Trinajstić information content (AvgIpc) is 3.37. The van der Waals surface area contributed by atoms with E-state index in [1.807, 2.05) is 36.5 Å². The first-order valence-corrected chi connectivity index (χ1v) is 35.3. The van der Waals surface area contributed by atoms with Crippen molar-refractivity contribution in [3.8, 4) is 0 Å². The SMILES string of the molecule is CC1=CC(O)CC(CC(C)C)C1.CC1=CC(O)CC(CC(C)C)C1.CCCCCCC1CC(=O)C=C(C)C1.CCCCCCCC1CC(=O)C=C(C)C1.CCCCCCCC1CC(C)=CC(O)C1.CCCCCCCC1CC(C)=CC(O)C1. The summed E-state index contributed by atoms with van der Waals surface area (Å²) in [7, 11) is 0. The number of hydrogen-bond donors (Lipinski definition) is 4. The maximum Gasteiger partial charge on any atom is 0.155 e. The van der Waals surface area contributed by atoms with Crippen LogP contribution in [0.4, 0.5) is 0 Å². The van der Waals surface area contributed by atoms with Gasteiger partial charge in [0.05, 0.1) is 24.4 Å². The van der Waals surface area contributed by atoms with Gasteiger partial charge in [-0.2, -0.15) is 0 Å². The molecule has 6 nitrogen and oxygen atoms in total. The second kappa shape index (κ2) is 48.6. The summed E-state index contributed by atoms with van der Waals surface area (Å²) in [5.41, 5.74) is 8.05. The number of ketones is 2. The number of hydrogen-bond acceptors (Lipinski definition) is 6. The van der Waals surface area contributed by atoms with Crippen LogP contribution in [0.1, 0.15) is 335 Å². The van der Waals surface area contributed by atoms with Gasteiger partial charge in [0.1, 0.15) is 0 Å². The minimum Gasteiger partial charge on any atom is -0.389 e. The van der Waals surface area contributed by atoms with Crippen molar-refractivity contribution in [1.82, 2.24) is 0 Å². The smallest absolute Gasteiger partial charge is 0.155 e. The van der Waals surface area contributed by atoms with Gasteiger partial charge in [0.25, 0.3) is 0 Å². The third kappa shape index (κ3) is 43.8. The van der Waals surface area contributed by atoms with Crippen LogP contribution in [0.5, 0.6) is 0 Å². The van der Waals surface area contributed by atoms with Gasteiger partial charge >= 0.3 is 0 Å². The van der Waals surface area contributed by atoms with E-state index in [1.54, 1.807) is 0 Å². The predicted octanol–water partition coefficient (Wildman–Crippen LogP) is 21.8. The van der Waals surface area contributed by atoms with E-state index in [-0.39, 0.29) is 24.4 Å². The molecule has 0 aliphatic heterocycles. The van der Waals surface area contributed by atoms with Crippen molar-refractivity contribution in [2.45, 2.75) is 359 Å². The van der Waals surface area contributed by atoms with E-state index in [0.29, 0.717) is 35.2 Å². The lowest BCUT2D eigenvalue weighted by Gasteiger charge is -2.25. The van der Waals surface area contributed by atoms with Crippen LogP contribution in [0, 0.1) is 47.3 Å². The van der Waals surface area contributed by atoms with Crippen LogP contribution in [0.3, 0.4) is 0 Å². The molecule has 482 valence electrons. The lowest BCUT2D eigenvalue weighted by molar-refractivity contribution is -0.116. The molecular formula is C77H138O6. The van der Waals surface area contributed by atoms with Crippen LogP contribution in [0.2, 0.25) is 0 Å². The fourth-order valence-corrected chi connectivity index (χ4v) is 14.3. The predicted molar refractivity (Wildman–Crippen MR) is 361 cm³/mol. The zero-order valence-electron chi connectivity index (χ0n) is 57.2. The van der Waals surface area contributed by atoms with Crippen molar-refractivity contribution in [1.29, 1.82) is 0 Å². The molecule has 10 atom stereocenters. The highest BCUT2D eigenvalue weighted by molar-refractivity contribution is 5.91. The molecule has 0 radical (unpaired) electrons. The fraction of sp³-hybridized carbons (Fsp3) is 0.818. The molecule has 0 spiro atoms. The van der Waals surface area contributed by atoms with Crippen LogP contribution in [0.25, 0.3) is 0 Å². The summed E-state index contributed by atoms with van der Waals surface area (Å²) < 4.78 is 0. The van der Waals surface area contributed by atoms with Gasteiger partial charge in [-0.3, -0.25) is 9.59 Å². The third-order valence-corrected chi connectivity index (χ3v) is 17.9. The number of aliphatic hydroxyl groups is 4. The molecule has 6 aliphatic carbocycles. The number of allylic oxidation sites excluding steroid dienone is 8. The van der Waals surface area contributed by atoms with Crippen molar-refractivity contribution in [3.05, 3.63) is 69.9 Å². The fourth-order valence-electron chi connectivity index (χ4n) is 14.3. The van der Waals surface area contributed by atoms with E-state index >= 15 is 0 Å². The van der Waals surface area contributed by atoms with E-state index in [9.17, 15) is 30.0 Å². The Bertz CT molecular complexity index is 1780. The number of rotatable bonds is 27. The molecule has 0 heterocycles. The Kier molecular flexibility index (Phi) is 46.1. The molecule has 0 bridgehead atoms. The average molecular weight is 1160 g/mol. The van der Waals surface area contributed by atoms with Crippen LogP contribution < -0.4 is 0 Å². The maximum atomic E-state index is 11.3. The summed E-state index contributed by atoms with van der Waals surface area (Å²) in [6.07, 6.45) is 56.9. The quantitative estimate of drug-likeness (QED) is 0.0481. The van der Waals surface area contributed by atoms with Gasteiger partial charge in [-0.25, -0.2) is 0 Å². The Balaban J connectivity index is 0.000000499. The first kappa shape index (κ1) is 78.6. The standard InChI is InChI=1S/2C14H26O.C14H24O.C13H22O.2C11H20O/c3*1-3-4-5-6-7-8-13-9-12(2)10-14(15)11-13;1-3-4-5-6-7-12-8-11(2)9-13(14)10-12;2*1-8(2)4-10-5-9(3)6-11(12)7-10/h2*10,13-15H,3-9,11H2,1-2H3;10,13H,3-9,11H2,1-2H3;9,12H,3-8,10H2,1-2H3;2*6,8,10-12H,4-5,7H2,1-3H3. The summed E-state index contributed by atoms with van der Waals surface area (Å²) in [4.78, 5) is 22.6. The molecular weight excluding hydrogens is 1020 g/mol. The molecule has 0 amide bonds. The van der Waals surface area contributed by atoms with Gasteiger partial charge in [-0.15, -0.1) is 0 Å². The largest absolute Gasteiger partial charge is 0.389 e. The molecule has 0 saturated heterocycles. The van der Waals surface area contributed by atoms with Crippen molar-refractivity contribution in [2.24, 2.45) is 47.3 Å². The summed E-state index contributed by atoms with van der Waals surface area (Å²) in [5.74, 6) is 6.40. The van der Waals surface area contributed by atoms with Crippen LogP contribution in [0.15, 0.2) is 69.9 Å². The summed E-state index contributed by atoms with van der Waals surface area (Å²) in [6.45, 7) is 30.7. The number of aliphatic hydroxyl groups excluding tert-OH is 4. The Morgan fingerprint density at radius 1 is 0.325 bits per heavy atom. The maximum absolute atomic E-state index is 11.3. The van der Waals surface area contributed by atoms with Crippen molar-refractivity contribution in [2.75, 3.05) is 0 Å². The minimum absolute atomic E-state index is 0.167. The van der Waals surface area contributed by atoms with E-state index in [2.05, 4.69) is 96.9 Å². The van der Waals surface area contributed by atoms with Crippen LogP contribution in [-0.2, 0) is 9.59 Å². The van der Waals surface area contributed by atoms with E-state index in [0.717, 1.165) is 75.0 Å². The molecule has 0 aromatic heterocycles. The molecule has 83 heavy (non-hydrogen) atoms. The highest BCUT2D eigenvalue weighted by atomic mass is 16.3. The Morgan fingerprint density at radius 2 is 0.554 bits per heavy atom. The van der Waals surface area contributed by atoms with Crippen molar-refractivity contribution < 1.29 is 30.0 Å². The number of unbranched alkanes of at least 4 members (excludes halogenated alkanes) is 15. The summed E-state index contributed by atoms with van der Waals surface area (Å²) >= 11 is 0. The van der Waals surface area contributed by atoms with Gasteiger partial charge in [-0.05, 0) is 191 Å². The lowest BCUT2D eigenvalue weighted by atomic mass is 9.83. The Hall–Kier alpha value is -2.38. The second-order valence-corrected chi connectivity index (χ2v) is 28.7. The molecule has 0 fully saturated rings. The third-order valence-electron chi connectivity index (χ3n) is 17.9. The van der Waals surface area contributed by atoms with E-state index in [1.165, 1.54) is 220 Å². The highest BCUT2D eigenvalue weighted by Gasteiger charge is 2.23. The topological polar surface area (TPSA) is 115 Å². The van der Waals surface area contributed by atoms with Crippen molar-refractivity contribution >= 4 is 11.6 Å². The van der Waals surface area contributed by atoms with Gasteiger partial charge in [0.2, 0.25) is 0 Å². The molecule has 4 N–H and O–H groups in total. The van der Waals surface area contributed by atoms with Gasteiger partial charge in [0, 0.05) is 12.8 Å². The zero-order valence-corrected chi connectivity index (χ0v) is 57.2. The molecule has 0 saturated carbocycles. The van der Waals surface area contributed by atoms with Crippen LogP contribution >= 0.6 is 0 Å². The first-order valence-electron chi connectivity index (χ1n) is 35.3. The Labute approximate surface area is 515 Å². The van der Waals surface area contributed by atoms with E-state index in [4.69, 9.17) is 0 Å². The zero-order chi connectivity index (χ0) is 62.0. The number of carbonyl (C=O) groups is 2. The Morgan fingerprint density at radius 3 is 0.807 bits per heavy atom. The molecule has 0 aromatic carbocycles. The minimum atomic E-state index is -0.178. The number of carbonyl (C=O) groups excluding carboxylic acids is 2. The molecule has 10 unspecified atom stereocenters. The van der Waals surface area contributed by atoms with Crippen molar-refractivity contribution in [3.63, 3.8) is 0 Å². The van der Waals surface area contributed by atoms with Gasteiger partial charge < -0.3 is 20.4 Å². The first-order chi connectivity index (χ1) is 39.5. The molecule has 6 rings (SSSR count). The van der Waals surface area contributed by atoms with E-state index < -0.39 is 0 Å². The molecule has 6 heteroatoms. The second-order valence-electron chi connectivity index (χ2n) is 28.7. The monoisotopic (exact) mass is 1160 g/mol. The summed E-state index contributed by atoms with van der Waals surface area (Å²) in [6, 6.07) is 0. The van der Waals surface area contributed by atoms with Gasteiger partial charge in [0.15, 0.2) is 11.6 Å². The molecule has 6 aliphatic rings. The normalized spacial score (nSPS) is 26.1. The highest BCUT2D eigenvalue weighted by Crippen LogP contribution is 2.33. The van der Waals surface area contributed by atoms with Crippen LogP contribution in [-0.4, -0.2) is 56.4 Å². The summed E-state index contributed by atoms with van der Waals surface area (Å²) in [5, 5.41) is 38.2.